The Morgan fingerprint density at radius 3 is 2.55 bits per heavy atom. The van der Waals surface area contributed by atoms with E-state index in [0.29, 0.717) is 5.52 Å². The Balaban J connectivity index is 1.80. The van der Waals surface area contributed by atoms with Crippen molar-refractivity contribution in [3.05, 3.63) is 36.4 Å². The smallest absolute Gasteiger partial charge is 0.231 e. The van der Waals surface area contributed by atoms with E-state index in [1.165, 1.54) is 0 Å². The van der Waals surface area contributed by atoms with Gasteiger partial charge in [0.2, 0.25) is 12.2 Å². The molecule has 0 radical (unpaired) electrons. The van der Waals surface area contributed by atoms with Crippen molar-refractivity contribution >= 4 is 10.9 Å². The highest BCUT2D eigenvalue weighted by Crippen LogP contribution is 2.24. The molecule has 22 heavy (non-hydrogen) atoms. The molecule has 0 bridgehead atoms. The molecule has 118 valence electrons. The van der Waals surface area contributed by atoms with Gasteiger partial charge in [0.05, 0.1) is 12.1 Å². The molecule has 7 nitrogen and oxygen atoms in total. The van der Waals surface area contributed by atoms with Crippen molar-refractivity contribution in [2.24, 2.45) is 0 Å². The van der Waals surface area contributed by atoms with Gasteiger partial charge in [0, 0.05) is 11.5 Å². The lowest BCUT2D eigenvalue weighted by atomic mass is 9.99. The number of rotatable bonds is 3. The summed E-state index contributed by atoms with van der Waals surface area (Å²) in [5.74, 6) is 0.211. The zero-order chi connectivity index (χ0) is 15.7. The van der Waals surface area contributed by atoms with Crippen LogP contribution in [-0.4, -0.2) is 62.7 Å². The molecule has 5 atom stereocenters. The van der Waals surface area contributed by atoms with Crippen LogP contribution in [0, 0.1) is 0 Å². The summed E-state index contributed by atoms with van der Waals surface area (Å²) in [4.78, 5) is 4.28. The molecule has 0 spiro atoms. The van der Waals surface area contributed by atoms with E-state index in [9.17, 15) is 15.3 Å². The minimum Gasteiger partial charge on any atom is -0.445 e. The fourth-order valence-corrected chi connectivity index (χ4v) is 2.40. The Labute approximate surface area is 126 Å². The normalized spacial score (nSPS) is 32.1. The Hall–Kier alpha value is -1.77. The summed E-state index contributed by atoms with van der Waals surface area (Å²) >= 11 is 0. The zero-order valence-corrected chi connectivity index (χ0v) is 11.6. The molecule has 4 N–H and O–H groups in total. The Kier molecular flexibility index (Phi) is 4.23. The second kappa shape index (κ2) is 6.15. The van der Waals surface area contributed by atoms with E-state index in [4.69, 9.17) is 14.6 Å². The predicted octanol–water partition coefficient (Wildman–Crippen LogP) is -0.587. The highest BCUT2D eigenvalue weighted by atomic mass is 16.7. The molecular weight excluding hydrogens is 290 g/mol. The number of ether oxygens (including phenoxy) is 2. The van der Waals surface area contributed by atoms with Gasteiger partial charge >= 0.3 is 0 Å². The first kappa shape index (κ1) is 15.1. The summed E-state index contributed by atoms with van der Waals surface area (Å²) in [6.07, 6.45) is -6.58. The van der Waals surface area contributed by atoms with Gasteiger partial charge in [0.1, 0.15) is 24.4 Å². The van der Waals surface area contributed by atoms with Gasteiger partial charge < -0.3 is 29.9 Å². The molecule has 0 saturated carbocycles. The van der Waals surface area contributed by atoms with Crippen molar-refractivity contribution in [2.75, 3.05) is 6.61 Å². The minimum atomic E-state index is -1.48. The van der Waals surface area contributed by atoms with Crippen molar-refractivity contribution in [1.29, 1.82) is 0 Å². The third kappa shape index (κ3) is 2.77. The first-order valence-electron chi connectivity index (χ1n) is 6.93. The number of hydrogen-bond acceptors (Lipinski definition) is 7. The fraction of sp³-hybridized carbons (Fsp3) is 0.400. The largest absolute Gasteiger partial charge is 0.445 e. The molecule has 2 heterocycles. The van der Waals surface area contributed by atoms with Gasteiger partial charge in [-0.1, -0.05) is 18.2 Å². The van der Waals surface area contributed by atoms with Crippen LogP contribution in [0.1, 0.15) is 0 Å². The Bertz CT molecular complexity index is 649. The van der Waals surface area contributed by atoms with Crippen molar-refractivity contribution in [2.45, 2.75) is 30.7 Å². The summed E-state index contributed by atoms with van der Waals surface area (Å²) in [6, 6.07) is 10.9. The minimum absolute atomic E-state index is 0.211. The summed E-state index contributed by atoms with van der Waals surface area (Å²) < 4.78 is 10.7. The highest BCUT2D eigenvalue weighted by Gasteiger charge is 2.44. The van der Waals surface area contributed by atoms with Gasteiger partial charge in [0.25, 0.3) is 0 Å². The molecule has 1 aliphatic heterocycles. The average molecular weight is 307 g/mol. The lowest BCUT2D eigenvalue weighted by Gasteiger charge is -2.39. The van der Waals surface area contributed by atoms with E-state index in [0.717, 1.165) is 5.39 Å². The highest BCUT2D eigenvalue weighted by molar-refractivity contribution is 5.78. The van der Waals surface area contributed by atoms with E-state index in [1.54, 1.807) is 6.07 Å². The number of aromatic nitrogens is 1. The van der Waals surface area contributed by atoms with Gasteiger partial charge in [-0.2, -0.15) is 0 Å². The number of hydrogen-bond donors (Lipinski definition) is 4. The third-order valence-corrected chi connectivity index (χ3v) is 3.66. The maximum atomic E-state index is 9.93. The molecule has 1 aliphatic rings. The van der Waals surface area contributed by atoms with E-state index < -0.39 is 37.3 Å². The second-order valence-corrected chi connectivity index (χ2v) is 5.16. The van der Waals surface area contributed by atoms with Crippen LogP contribution in [-0.2, 0) is 4.74 Å². The first-order valence-corrected chi connectivity index (χ1v) is 6.93. The Morgan fingerprint density at radius 2 is 1.77 bits per heavy atom. The number of nitrogens with zero attached hydrogens (tertiary/aromatic N) is 1. The van der Waals surface area contributed by atoms with Crippen LogP contribution in [0.3, 0.4) is 0 Å². The summed E-state index contributed by atoms with van der Waals surface area (Å²) in [5, 5.41) is 39.4. The maximum Gasteiger partial charge on any atom is 0.231 e. The van der Waals surface area contributed by atoms with Crippen molar-refractivity contribution < 1.29 is 29.9 Å². The molecule has 0 amide bonds. The van der Waals surface area contributed by atoms with Gasteiger partial charge in [0.15, 0.2) is 0 Å². The summed E-state index contributed by atoms with van der Waals surface area (Å²) in [7, 11) is 0. The SMILES string of the molecule is OC[C@H]1O[C@@H](Oc2ccc3ccccc3n2)[C@H](O)[C@@H](O)[C@@H]1O. The number of aliphatic hydroxyl groups is 4. The van der Waals surface area contributed by atoms with Gasteiger partial charge in [-0.3, -0.25) is 0 Å². The van der Waals surface area contributed by atoms with E-state index in [1.807, 2.05) is 30.3 Å². The topological polar surface area (TPSA) is 112 Å². The van der Waals surface area contributed by atoms with Crippen molar-refractivity contribution in [3.8, 4) is 5.88 Å². The van der Waals surface area contributed by atoms with Crippen molar-refractivity contribution in [3.63, 3.8) is 0 Å². The van der Waals surface area contributed by atoms with Crippen LogP contribution in [0.25, 0.3) is 10.9 Å². The average Bonchev–Trinajstić information content (AvgIpc) is 2.55. The molecule has 1 saturated heterocycles. The molecular formula is C15H17NO6. The van der Waals surface area contributed by atoms with Gasteiger partial charge in [-0.05, 0) is 12.1 Å². The molecule has 2 aromatic rings. The summed E-state index contributed by atoms with van der Waals surface area (Å²) in [5.41, 5.74) is 0.713. The van der Waals surface area contributed by atoms with Crippen LogP contribution in [0.2, 0.25) is 0 Å². The number of benzene rings is 1. The maximum absolute atomic E-state index is 9.93. The standard InChI is InChI=1S/C15H17NO6/c17-7-10-12(18)13(19)14(20)15(21-10)22-11-6-5-8-3-1-2-4-9(8)16-11/h1-6,10,12-15,17-20H,7H2/t10-,12-,13+,14-,15+/m1/s1. The van der Waals surface area contributed by atoms with Crippen LogP contribution in [0.4, 0.5) is 0 Å². The van der Waals surface area contributed by atoms with E-state index in [2.05, 4.69) is 4.98 Å². The number of pyridine rings is 1. The first-order chi connectivity index (χ1) is 10.6. The molecule has 7 heteroatoms. The quantitative estimate of drug-likeness (QED) is 0.600. The fourth-order valence-electron chi connectivity index (χ4n) is 2.40. The predicted molar refractivity (Wildman–Crippen MR) is 76.1 cm³/mol. The molecule has 1 fully saturated rings. The lowest BCUT2D eigenvalue weighted by molar-refractivity contribution is -0.278. The van der Waals surface area contributed by atoms with Crippen molar-refractivity contribution in [1.82, 2.24) is 4.98 Å². The van der Waals surface area contributed by atoms with Gasteiger partial charge in [-0.25, -0.2) is 4.98 Å². The number of fused-ring (bicyclic) bond motifs is 1. The molecule has 1 aromatic carbocycles. The number of aliphatic hydroxyl groups excluding tert-OH is 4. The van der Waals surface area contributed by atoms with E-state index >= 15 is 0 Å². The Morgan fingerprint density at radius 1 is 1.00 bits per heavy atom. The molecule has 0 unspecified atom stereocenters. The molecule has 1 aromatic heterocycles. The number of para-hydroxylation sites is 1. The summed E-state index contributed by atoms with van der Waals surface area (Å²) in [6.45, 7) is -0.504. The third-order valence-electron chi connectivity index (χ3n) is 3.66. The van der Waals surface area contributed by atoms with Crippen LogP contribution in [0.15, 0.2) is 36.4 Å². The zero-order valence-electron chi connectivity index (χ0n) is 11.6. The van der Waals surface area contributed by atoms with Crippen LogP contribution >= 0.6 is 0 Å². The van der Waals surface area contributed by atoms with Gasteiger partial charge in [-0.15, -0.1) is 0 Å². The van der Waals surface area contributed by atoms with E-state index in [-0.39, 0.29) is 5.88 Å². The molecule has 0 aliphatic carbocycles. The monoisotopic (exact) mass is 307 g/mol. The second-order valence-electron chi connectivity index (χ2n) is 5.16. The molecule has 3 rings (SSSR count). The lowest BCUT2D eigenvalue weighted by Crippen LogP contribution is -2.60. The van der Waals surface area contributed by atoms with Crippen LogP contribution in [0.5, 0.6) is 5.88 Å². The van der Waals surface area contributed by atoms with Crippen LogP contribution < -0.4 is 4.74 Å².